The highest BCUT2D eigenvalue weighted by molar-refractivity contribution is 6.02. The standard InChI is InChI=1S/C14H12N6O/c15-10-3-5-11(6-4-10)20-9-7-12(19-20)14(21)17-13-2-1-8-16-18-13/h1-9H,15H2,(H,17,18,21). The van der Waals surface area contributed by atoms with Crippen molar-refractivity contribution in [3.8, 4) is 5.69 Å². The van der Waals surface area contributed by atoms with Gasteiger partial charge in [0.25, 0.3) is 5.91 Å². The fourth-order valence-electron chi connectivity index (χ4n) is 1.76. The van der Waals surface area contributed by atoms with Gasteiger partial charge < -0.3 is 11.1 Å². The van der Waals surface area contributed by atoms with Gasteiger partial charge in [0.15, 0.2) is 11.5 Å². The van der Waals surface area contributed by atoms with Crippen LogP contribution in [0, 0.1) is 0 Å². The SMILES string of the molecule is Nc1ccc(-n2ccc(C(=O)Nc3cccnn3)n2)cc1. The second-order valence-electron chi connectivity index (χ2n) is 4.30. The zero-order valence-corrected chi connectivity index (χ0v) is 11.0. The normalized spacial score (nSPS) is 10.3. The average molecular weight is 280 g/mol. The number of carbonyl (C=O) groups excluding carboxylic acids is 1. The summed E-state index contributed by atoms with van der Waals surface area (Å²) in [4.78, 5) is 12.0. The lowest BCUT2D eigenvalue weighted by molar-refractivity contribution is 0.102. The molecular weight excluding hydrogens is 268 g/mol. The minimum Gasteiger partial charge on any atom is -0.399 e. The molecule has 7 heteroatoms. The van der Waals surface area contributed by atoms with Crippen LogP contribution >= 0.6 is 0 Å². The highest BCUT2D eigenvalue weighted by Gasteiger charge is 2.11. The number of anilines is 2. The molecule has 0 aliphatic carbocycles. The maximum atomic E-state index is 12.0. The predicted molar refractivity (Wildman–Crippen MR) is 78.0 cm³/mol. The molecule has 21 heavy (non-hydrogen) atoms. The number of hydrogen-bond donors (Lipinski definition) is 2. The van der Waals surface area contributed by atoms with Crippen molar-refractivity contribution in [1.82, 2.24) is 20.0 Å². The van der Waals surface area contributed by atoms with Gasteiger partial charge in [0.1, 0.15) is 0 Å². The lowest BCUT2D eigenvalue weighted by Gasteiger charge is -2.02. The van der Waals surface area contributed by atoms with Gasteiger partial charge in [0.05, 0.1) is 5.69 Å². The van der Waals surface area contributed by atoms with Gasteiger partial charge in [-0.25, -0.2) is 4.68 Å². The van der Waals surface area contributed by atoms with E-state index in [0.29, 0.717) is 11.5 Å². The van der Waals surface area contributed by atoms with Gasteiger partial charge in [-0.15, -0.1) is 5.10 Å². The average Bonchev–Trinajstić information content (AvgIpc) is 2.99. The van der Waals surface area contributed by atoms with E-state index in [1.54, 1.807) is 41.2 Å². The van der Waals surface area contributed by atoms with Crippen LogP contribution in [0.15, 0.2) is 54.9 Å². The molecule has 7 nitrogen and oxygen atoms in total. The zero-order valence-electron chi connectivity index (χ0n) is 11.0. The Morgan fingerprint density at radius 1 is 1.14 bits per heavy atom. The van der Waals surface area contributed by atoms with Gasteiger partial charge in [-0.05, 0) is 42.5 Å². The molecule has 0 spiro atoms. The van der Waals surface area contributed by atoms with Crippen LogP contribution in [0.5, 0.6) is 0 Å². The van der Waals surface area contributed by atoms with Gasteiger partial charge in [0.2, 0.25) is 0 Å². The van der Waals surface area contributed by atoms with Crippen molar-refractivity contribution in [1.29, 1.82) is 0 Å². The number of hydrogen-bond acceptors (Lipinski definition) is 5. The maximum Gasteiger partial charge on any atom is 0.277 e. The third-order valence-electron chi connectivity index (χ3n) is 2.79. The molecule has 1 aromatic carbocycles. The van der Waals surface area contributed by atoms with Crippen LogP contribution in [0.4, 0.5) is 11.5 Å². The minimum atomic E-state index is -0.343. The molecule has 104 valence electrons. The van der Waals surface area contributed by atoms with E-state index in [-0.39, 0.29) is 11.6 Å². The van der Waals surface area contributed by atoms with E-state index in [4.69, 9.17) is 5.73 Å². The number of nitrogens with two attached hydrogens (primary N) is 1. The molecule has 0 aliphatic heterocycles. The lowest BCUT2D eigenvalue weighted by atomic mass is 10.3. The number of nitrogen functional groups attached to an aromatic ring is 1. The van der Waals surface area contributed by atoms with Crippen LogP contribution in [0.3, 0.4) is 0 Å². The van der Waals surface area contributed by atoms with Crippen molar-refractivity contribution in [2.75, 3.05) is 11.1 Å². The third-order valence-corrected chi connectivity index (χ3v) is 2.79. The molecule has 0 bridgehead atoms. The summed E-state index contributed by atoms with van der Waals surface area (Å²) in [7, 11) is 0. The summed E-state index contributed by atoms with van der Waals surface area (Å²) in [6, 6.07) is 12.2. The van der Waals surface area contributed by atoms with Crippen molar-refractivity contribution in [3.63, 3.8) is 0 Å². The van der Waals surface area contributed by atoms with Crippen molar-refractivity contribution in [3.05, 3.63) is 60.6 Å². The summed E-state index contributed by atoms with van der Waals surface area (Å²) >= 11 is 0. The van der Waals surface area contributed by atoms with Crippen LogP contribution in [-0.2, 0) is 0 Å². The molecule has 0 radical (unpaired) electrons. The van der Waals surface area contributed by atoms with E-state index in [1.165, 1.54) is 6.20 Å². The van der Waals surface area contributed by atoms with E-state index >= 15 is 0 Å². The molecule has 1 amide bonds. The molecule has 3 aromatic rings. The topological polar surface area (TPSA) is 98.7 Å². The Kier molecular flexibility index (Phi) is 3.30. The van der Waals surface area contributed by atoms with Gasteiger partial charge in [-0.2, -0.15) is 10.2 Å². The van der Waals surface area contributed by atoms with Crippen LogP contribution in [-0.4, -0.2) is 25.9 Å². The van der Waals surface area contributed by atoms with E-state index < -0.39 is 0 Å². The van der Waals surface area contributed by atoms with Gasteiger partial charge in [-0.3, -0.25) is 4.79 Å². The van der Waals surface area contributed by atoms with E-state index in [9.17, 15) is 4.79 Å². The van der Waals surface area contributed by atoms with Crippen LogP contribution < -0.4 is 11.1 Å². The Balaban J connectivity index is 1.78. The summed E-state index contributed by atoms with van der Waals surface area (Å²) in [5.41, 5.74) is 7.42. The molecule has 0 fully saturated rings. The quantitative estimate of drug-likeness (QED) is 0.708. The highest BCUT2D eigenvalue weighted by Crippen LogP contribution is 2.11. The number of rotatable bonds is 3. The minimum absolute atomic E-state index is 0.289. The molecule has 0 saturated carbocycles. The Morgan fingerprint density at radius 2 is 1.95 bits per heavy atom. The molecule has 2 heterocycles. The smallest absolute Gasteiger partial charge is 0.277 e. The molecule has 0 atom stereocenters. The molecular formula is C14H12N6O. The van der Waals surface area contributed by atoms with Crippen LogP contribution in [0.25, 0.3) is 5.69 Å². The first-order valence-corrected chi connectivity index (χ1v) is 6.23. The largest absolute Gasteiger partial charge is 0.399 e. The summed E-state index contributed by atoms with van der Waals surface area (Å²) in [6.45, 7) is 0. The fraction of sp³-hybridized carbons (Fsp3) is 0. The Morgan fingerprint density at radius 3 is 2.67 bits per heavy atom. The van der Waals surface area contributed by atoms with Gasteiger partial charge in [0, 0.05) is 18.1 Å². The summed E-state index contributed by atoms with van der Waals surface area (Å²) in [5.74, 6) is 0.0363. The van der Waals surface area contributed by atoms with E-state index in [2.05, 4.69) is 20.6 Å². The predicted octanol–water partition coefficient (Wildman–Crippen LogP) is 1.50. The van der Waals surface area contributed by atoms with Crippen LogP contribution in [0.1, 0.15) is 10.5 Å². The second kappa shape index (κ2) is 5.41. The Hall–Kier alpha value is -3.22. The first kappa shape index (κ1) is 12.8. The van der Waals surface area contributed by atoms with Crippen molar-refractivity contribution >= 4 is 17.4 Å². The number of nitrogens with zero attached hydrogens (tertiary/aromatic N) is 4. The first-order chi connectivity index (χ1) is 10.2. The van der Waals surface area contributed by atoms with Gasteiger partial charge >= 0.3 is 0 Å². The number of benzene rings is 1. The summed E-state index contributed by atoms with van der Waals surface area (Å²) < 4.78 is 1.60. The molecule has 0 saturated heterocycles. The zero-order chi connectivity index (χ0) is 14.7. The summed E-state index contributed by atoms with van der Waals surface area (Å²) in [6.07, 6.45) is 3.24. The lowest BCUT2D eigenvalue weighted by Crippen LogP contribution is -2.14. The number of nitrogens with one attached hydrogen (secondary N) is 1. The van der Waals surface area contributed by atoms with Crippen LogP contribution in [0.2, 0.25) is 0 Å². The van der Waals surface area contributed by atoms with Gasteiger partial charge in [-0.1, -0.05) is 0 Å². The van der Waals surface area contributed by atoms with E-state index in [1.807, 2.05) is 12.1 Å². The van der Waals surface area contributed by atoms with E-state index in [0.717, 1.165) is 5.69 Å². The third kappa shape index (κ3) is 2.86. The number of amides is 1. The molecule has 3 rings (SSSR count). The summed E-state index contributed by atoms with van der Waals surface area (Å²) in [5, 5.41) is 14.3. The molecule has 0 aliphatic rings. The number of aromatic nitrogens is 4. The Bertz CT molecular complexity index is 751. The second-order valence-corrected chi connectivity index (χ2v) is 4.30. The fourth-order valence-corrected chi connectivity index (χ4v) is 1.76. The monoisotopic (exact) mass is 280 g/mol. The molecule has 2 aromatic heterocycles. The first-order valence-electron chi connectivity index (χ1n) is 6.23. The molecule has 3 N–H and O–H groups in total. The Labute approximate surface area is 120 Å². The highest BCUT2D eigenvalue weighted by atomic mass is 16.2. The van der Waals surface area contributed by atoms with Crippen molar-refractivity contribution in [2.24, 2.45) is 0 Å². The number of carbonyl (C=O) groups is 1. The molecule has 0 unspecified atom stereocenters. The van der Waals surface area contributed by atoms with Crippen molar-refractivity contribution < 1.29 is 4.79 Å². The maximum absolute atomic E-state index is 12.0. The van der Waals surface area contributed by atoms with Crippen molar-refractivity contribution in [2.45, 2.75) is 0 Å².